The van der Waals surface area contributed by atoms with Gasteiger partial charge in [0.15, 0.2) is 5.13 Å². The molecule has 4 nitrogen and oxygen atoms in total. The highest BCUT2D eigenvalue weighted by Crippen LogP contribution is 2.31. The third-order valence-electron chi connectivity index (χ3n) is 5.09. The van der Waals surface area contributed by atoms with Crippen LogP contribution in [0.3, 0.4) is 0 Å². The van der Waals surface area contributed by atoms with E-state index >= 15 is 0 Å². The molecule has 0 atom stereocenters. The summed E-state index contributed by atoms with van der Waals surface area (Å²) < 4.78 is 1.11. The molecule has 1 aromatic heterocycles. The van der Waals surface area contributed by atoms with Gasteiger partial charge in [-0.2, -0.15) is 0 Å². The summed E-state index contributed by atoms with van der Waals surface area (Å²) in [6, 6.07) is 11.3. The largest absolute Gasteiger partial charge is 0.302 e. The Labute approximate surface area is 187 Å². The Morgan fingerprint density at radius 2 is 1.66 bits per heavy atom. The van der Waals surface area contributed by atoms with Gasteiger partial charge in [-0.25, -0.2) is 4.98 Å². The lowest BCUT2D eigenvalue weighted by Crippen LogP contribution is -2.38. The summed E-state index contributed by atoms with van der Waals surface area (Å²) in [5.74, 6) is -0.0451. The molecule has 3 aromatic rings. The fourth-order valence-electron chi connectivity index (χ4n) is 3.10. The van der Waals surface area contributed by atoms with Crippen LogP contribution in [0.4, 0.5) is 5.13 Å². The van der Waals surface area contributed by atoms with Gasteiger partial charge in [0.25, 0.3) is 5.91 Å². The maximum Gasteiger partial charge on any atom is 0.260 e. The molecule has 0 aliphatic carbocycles. The normalized spacial score (nSPS) is 11.0. The molecule has 29 heavy (non-hydrogen) atoms. The molecule has 0 aliphatic rings. The molecule has 0 spiro atoms. The fourth-order valence-corrected chi connectivity index (χ4v) is 4.29. The van der Waals surface area contributed by atoms with Crippen LogP contribution >= 0.6 is 35.3 Å². The summed E-state index contributed by atoms with van der Waals surface area (Å²) in [4.78, 5) is 22.2. The van der Waals surface area contributed by atoms with Gasteiger partial charge in [-0.15, -0.1) is 12.4 Å². The van der Waals surface area contributed by atoms with E-state index in [2.05, 4.69) is 44.7 Å². The zero-order valence-electron chi connectivity index (χ0n) is 17.2. The Hall–Kier alpha value is -1.66. The van der Waals surface area contributed by atoms with E-state index in [1.807, 2.05) is 0 Å². The Balaban J connectivity index is 0.00000300. The molecule has 0 saturated heterocycles. The molecule has 0 aliphatic heterocycles. The van der Waals surface area contributed by atoms with Gasteiger partial charge in [-0.3, -0.25) is 9.69 Å². The van der Waals surface area contributed by atoms with Crippen LogP contribution in [-0.2, 0) is 0 Å². The molecule has 0 radical (unpaired) electrons. The van der Waals surface area contributed by atoms with Crippen molar-refractivity contribution >= 4 is 56.6 Å². The molecule has 0 fully saturated rings. The standard InChI is InChI=1S/C22H26ClN3OS.ClH/c1-5-25(6-2)11-12-26(21(27)17-7-9-18(23)10-8-17)22-24-19-13-15(3)16(4)14-20(19)28-22;/h7-10,13-14H,5-6,11-12H2,1-4H3;1H. The molecule has 1 heterocycles. The summed E-state index contributed by atoms with van der Waals surface area (Å²) in [5, 5.41) is 1.37. The highest BCUT2D eigenvalue weighted by atomic mass is 35.5. The van der Waals surface area contributed by atoms with Gasteiger partial charge in [0.2, 0.25) is 0 Å². The van der Waals surface area contributed by atoms with Gasteiger partial charge in [0, 0.05) is 23.7 Å². The van der Waals surface area contributed by atoms with Crippen LogP contribution in [-0.4, -0.2) is 42.0 Å². The van der Waals surface area contributed by atoms with E-state index in [0.717, 1.165) is 35.0 Å². The zero-order chi connectivity index (χ0) is 20.3. The number of likely N-dealkylation sites (N-methyl/N-ethyl adjacent to an activating group) is 1. The Morgan fingerprint density at radius 1 is 1.03 bits per heavy atom. The minimum Gasteiger partial charge on any atom is -0.302 e. The first-order valence-electron chi connectivity index (χ1n) is 9.60. The molecule has 7 heteroatoms. The lowest BCUT2D eigenvalue weighted by atomic mass is 10.1. The van der Waals surface area contributed by atoms with Crippen molar-refractivity contribution in [2.45, 2.75) is 27.7 Å². The van der Waals surface area contributed by atoms with E-state index in [1.165, 1.54) is 11.1 Å². The topological polar surface area (TPSA) is 36.4 Å². The monoisotopic (exact) mass is 451 g/mol. The van der Waals surface area contributed by atoms with Crippen molar-refractivity contribution in [1.82, 2.24) is 9.88 Å². The molecule has 0 saturated carbocycles. The Morgan fingerprint density at radius 3 is 2.28 bits per heavy atom. The average molecular weight is 452 g/mol. The van der Waals surface area contributed by atoms with Crippen molar-refractivity contribution in [3.63, 3.8) is 0 Å². The van der Waals surface area contributed by atoms with Gasteiger partial charge in [0.05, 0.1) is 10.2 Å². The van der Waals surface area contributed by atoms with E-state index in [1.54, 1.807) is 40.5 Å². The number of amides is 1. The number of anilines is 1. The number of thiazole rings is 1. The van der Waals surface area contributed by atoms with Crippen molar-refractivity contribution in [3.05, 3.63) is 58.1 Å². The molecule has 3 rings (SSSR count). The maximum absolute atomic E-state index is 13.3. The Bertz CT molecular complexity index is 929. The quantitative estimate of drug-likeness (QED) is 0.443. The predicted octanol–water partition coefficient (Wildman–Crippen LogP) is 5.98. The third kappa shape index (κ3) is 5.48. The van der Waals surface area contributed by atoms with E-state index < -0.39 is 0 Å². The second kappa shape index (κ2) is 10.4. The number of hydrogen-bond donors (Lipinski definition) is 0. The van der Waals surface area contributed by atoms with Gasteiger partial charge < -0.3 is 4.90 Å². The number of nitrogens with zero attached hydrogens (tertiary/aromatic N) is 3. The van der Waals surface area contributed by atoms with Gasteiger partial charge in [-0.1, -0.05) is 36.8 Å². The smallest absolute Gasteiger partial charge is 0.260 e. The lowest BCUT2D eigenvalue weighted by molar-refractivity contribution is 0.0984. The Kier molecular flexibility index (Phi) is 8.46. The number of halogens is 2. The minimum atomic E-state index is -0.0451. The zero-order valence-corrected chi connectivity index (χ0v) is 19.6. The third-order valence-corrected chi connectivity index (χ3v) is 6.39. The van der Waals surface area contributed by atoms with Gasteiger partial charge in [-0.05, 0) is 74.5 Å². The number of aromatic nitrogens is 1. The van der Waals surface area contributed by atoms with Crippen molar-refractivity contribution in [3.8, 4) is 0 Å². The molecule has 0 bridgehead atoms. The fraction of sp³-hybridized carbons (Fsp3) is 0.364. The summed E-state index contributed by atoms with van der Waals surface area (Å²) in [5.41, 5.74) is 4.01. The number of hydrogen-bond acceptors (Lipinski definition) is 4. The lowest BCUT2D eigenvalue weighted by Gasteiger charge is -2.24. The highest BCUT2D eigenvalue weighted by Gasteiger charge is 2.22. The molecule has 1 amide bonds. The number of aryl methyl sites for hydroxylation is 2. The first-order valence-corrected chi connectivity index (χ1v) is 10.8. The van der Waals surface area contributed by atoms with Gasteiger partial charge in [0.1, 0.15) is 0 Å². The van der Waals surface area contributed by atoms with Crippen molar-refractivity contribution in [2.75, 3.05) is 31.1 Å². The van der Waals surface area contributed by atoms with Crippen molar-refractivity contribution < 1.29 is 4.79 Å². The summed E-state index contributed by atoms with van der Waals surface area (Å²) in [7, 11) is 0. The minimum absolute atomic E-state index is 0. The van der Waals surface area contributed by atoms with Crippen molar-refractivity contribution in [1.29, 1.82) is 0 Å². The number of carbonyl (C=O) groups is 1. The van der Waals surface area contributed by atoms with Crippen LogP contribution in [0.25, 0.3) is 10.2 Å². The van der Waals surface area contributed by atoms with E-state index in [9.17, 15) is 4.79 Å². The summed E-state index contributed by atoms with van der Waals surface area (Å²) in [6.45, 7) is 11.8. The molecule has 0 N–H and O–H groups in total. The highest BCUT2D eigenvalue weighted by molar-refractivity contribution is 7.22. The van der Waals surface area contributed by atoms with E-state index in [-0.39, 0.29) is 18.3 Å². The van der Waals surface area contributed by atoms with Crippen LogP contribution < -0.4 is 4.90 Å². The number of carbonyl (C=O) groups excluding carboxylic acids is 1. The summed E-state index contributed by atoms with van der Waals surface area (Å²) >= 11 is 7.57. The number of fused-ring (bicyclic) bond motifs is 1. The van der Waals surface area contributed by atoms with Crippen LogP contribution in [0.2, 0.25) is 5.02 Å². The van der Waals surface area contributed by atoms with Gasteiger partial charge >= 0.3 is 0 Å². The number of benzene rings is 2. The van der Waals surface area contributed by atoms with Crippen LogP contribution in [0, 0.1) is 13.8 Å². The van der Waals surface area contributed by atoms with E-state index in [4.69, 9.17) is 16.6 Å². The number of rotatable bonds is 7. The average Bonchev–Trinajstić information content (AvgIpc) is 3.08. The first-order chi connectivity index (χ1) is 13.4. The molecular weight excluding hydrogens is 425 g/mol. The summed E-state index contributed by atoms with van der Waals surface area (Å²) in [6.07, 6.45) is 0. The molecule has 2 aromatic carbocycles. The van der Waals surface area contributed by atoms with Crippen LogP contribution in [0.5, 0.6) is 0 Å². The first kappa shape index (κ1) is 23.6. The van der Waals surface area contributed by atoms with Crippen molar-refractivity contribution in [2.24, 2.45) is 0 Å². The molecule has 0 unspecified atom stereocenters. The predicted molar refractivity (Wildman–Crippen MR) is 127 cm³/mol. The van der Waals surface area contributed by atoms with Crippen LogP contribution in [0.15, 0.2) is 36.4 Å². The van der Waals surface area contributed by atoms with E-state index in [0.29, 0.717) is 17.1 Å². The second-order valence-electron chi connectivity index (χ2n) is 6.89. The molecule has 156 valence electrons. The molecular formula is C22H27Cl2N3OS. The van der Waals surface area contributed by atoms with Crippen LogP contribution in [0.1, 0.15) is 35.3 Å². The second-order valence-corrected chi connectivity index (χ2v) is 8.34. The maximum atomic E-state index is 13.3. The SMILES string of the molecule is CCN(CC)CCN(C(=O)c1ccc(Cl)cc1)c1nc2cc(C)c(C)cc2s1.Cl.